The molecule has 9 nitrogen and oxygen atoms in total. The van der Waals surface area contributed by atoms with E-state index in [9.17, 15) is 22.4 Å². The maximum atomic E-state index is 14.1. The highest BCUT2D eigenvalue weighted by Crippen LogP contribution is 2.22. The molecule has 1 fully saturated rings. The predicted octanol–water partition coefficient (Wildman–Crippen LogP) is 1.22. The quantitative estimate of drug-likeness (QED) is 0.584. The fourth-order valence-electron chi connectivity index (χ4n) is 2.88. The molecule has 0 saturated carbocycles. The van der Waals surface area contributed by atoms with Crippen molar-refractivity contribution in [1.29, 1.82) is 0 Å². The fourth-order valence-corrected chi connectivity index (χ4v) is 4.28. The van der Waals surface area contributed by atoms with Crippen molar-refractivity contribution in [1.82, 2.24) is 9.62 Å². The largest absolute Gasteiger partial charge is 0.488 e. The Morgan fingerprint density at radius 3 is 2.58 bits per heavy atom. The molecule has 31 heavy (non-hydrogen) atoms. The first kappa shape index (κ1) is 22.7. The lowest BCUT2D eigenvalue weighted by Crippen LogP contribution is -2.49. The SMILES string of the molecule is COCCOc1ccc(NC(=O)c2ccc(S(=O)(=O)N3CCNC(=O)C3)cc2)cc1F. The molecular formula is C20H22FN3O6S. The van der Waals surface area contributed by atoms with Crippen LogP contribution in [0.5, 0.6) is 5.75 Å². The van der Waals surface area contributed by atoms with Crippen molar-refractivity contribution in [3.63, 3.8) is 0 Å². The van der Waals surface area contributed by atoms with Crippen molar-refractivity contribution < 1.29 is 31.9 Å². The normalized spacial score (nSPS) is 14.7. The third-order valence-electron chi connectivity index (χ3n) is 4.49. The molecule has 1 heterocycles. The van der Waals surface area contributed by atoms with Gasteiger partial charge >= 0.3 is 0 Å². The summed E-state index contributed by atoms with van der Waals surface area (Å²) in [5.41, 5.74) is 0.411. The van der Waals surface area contributed by atoms with Crippen LogP contribution in [0, 0.1) is 5.82 Å². The van der Waals surface area contributed by atoms with E-state index >= 15 is 0 Å². The summed E-state index contributed by atoms with van der Waals surface area (Å²) in [5, 5.41) is 5.11. The minimum absolute atomic E-state index is 0.0256. The smallest absolute Gasteiger partial charge is 0.255 e. The molecule has 11 heteroatoms. The van der Waals surface area contributed by atoms with E-state index in [-0.39, 0.29) is 54.0 Å². The average molecular weight is 451 g/mol. The Labute approximate surface area is 179 Å². The van der Waals surface area contributed by atoms with Gasteiger partial charge in [-0.2, -0.15) is 4.31 Å². The topological polar surface area (TPSA) is 114 Å². The molecule has 1 saturated heterocycles. The van der Waals surface area contributed by atoms with E-state index in [0.29, 0.717) is 6.61 Å². The van der Waals surface area contributed by atoms with Gasteiger partial charge in [-0.15, -0.1) is 0 Å². The Morgan fingerprint density at radius 1 is 1.19 bits per heavy atom. The second-order valence-corrected chi connectivity index (χ2v) is 8.59. The third kappa shape index (κ3) is 5.57. The van der Waals surface area contributed by atoms with E-state index in [4.69, 9.17) is 9.47 Å². The molecule has 0 unspecified atom stereocenters. The van der Waals surface area contributed by atoms with Gasteiger partial charge < -0.3 is 20.1 Å². The van der Waals surface area contributed by atoms with E-state index in [1.807, 2.05) is 0 Å². The minimum Gasteiger partial charge on any atom is -0.488 e. The number of sulfonamides is 1. The highest BCUT2D eigenvalue weighted by molar-refractivity contribution is 7.89. The number of halogens is 1. The number of rotatable bonds is 8. The van der Waals surface area contributed by atoms with Gasteiger partial charge in [0.15, 0.2) is 11.6 Å². The monoisotopic (exact) mass is 451 g/mol. The van der Waals surface area contributed by atoms with Crippen molar-refractivity contribution in [2.24, 2.45) is 0 Å². The van der Waals surface area contributed by atoms with Gasteiger partial charge in [0.1, 0.15) is 6.61 Å². The van der Waals surface area contributed by atoms with Gasteiger partial charge in [-0.25, -0.2) is 12.8 Å². The molecule has 3 rings (SSSR count). The van der Waals surface area contributed by atoms with Crippen molar-refractivity contribution in [3.05, 3.63) is 53.8 Å². The zero-order valence-electron chi connectivity index (χ0n) is 16.8. The van der Waals surface area contributed by atoms with E-state index < -0.39 is 21.7 Å². The Kier molecular flexibility index (Phi) is 7.21. The number of hydrogen-bond donors (Lipinski definition) is 2. The number of amides is 2. The van der Waals surface area contributed by atoms with Gasteiger partial charge in [-0.1, -0.05) is 0 Å². The molecule has 0 bridgehead atoms. The van der Waals surface area contributed by atoms with Crippen LogP contribution >= 0.6 is 0 Å². The zero-order valence-corrected chi connectivity index (χ0v) is 17.6. The summed E-state index contributed by atoms with van der Waals surface area (Å²) in [6, 6.07) is 9.30. The predicted molar refractivity (Wildman–Crippen MR) is 110 cm³/mol. The molecule has 0 atom stereocenters. The molecule has 2 aromatic carbocycles. The van der Waals surface area contributed by atoms with E-state index in [1.165, 1.54) is 43.5 Å². The van der Waals surface area contributed by atoms with Crippen LogP contribution in [-0.4, -0.2) is 64.5 Å². The molecule has 1 aliphatic heterocycles. The van der Waals surface area contributed by atoms with Gasteiger partial charge in [0.05, 0.1) is 18.0 Å². The first-order chi connectivity index (χ1) is 14.8. The number of piperazine rings is 1. The standard InChI is InChI=1S/C20H22FN3O6S/c1-29-10-11-30-18-7-4-15(12-17(18)21)23-20(26)14-2-5-16(6-3-14)31(27,28)24-9-8-22-19(25)13-24/h2-7,12H,8-11,13H2,1H3,(H,22,25)(H,23,26). The molecule has 1 aliphatic rings. The molecule has 166 valence electrons. The highest BCUT2D eigenvalue weighted by Gasteiger charge is 2.29. The minimum atomic E-state index is -3.85. The lowest BCUT2D eigenvalue weighted by molar-refractivity contribution is -0.122. The number of benzene rings is 2. The Bertz CT molecular complexity index is 1060. The van der Waals surface area contributed by atoms with Crippen molar-refractivity contribution in [2.45, 2.75) is 4.90 Å². The Balaban J connectivity index is 1.66. The third-order valence-corrected chi connectivity index (χ3v) is 6.35. The molecule has 2 amide bonds. The summed E-state index contributed by atoms with van der Waals surface area (Å²) < 4.78 is 50.6. The van der Waals surface area contributed by atoms with Crippen LogP contribution < -0.4 is 15.4 Å². The Hall–Kier alpha value is -3.02. The van der Waals surface area contributed by atoms with Crippen LogP contribution in [0.3, 0.4) is 0 Å². The van der Waals surface area contributed by atoms with Crippen molar-refractivity contribution in [2.75, 3.05) is 45.3 Å². The lowest BCUT2D eigenvalue weighted by atomic mass is 10.2. The van der Waals surface area contributed by atoms with Gasteiger partial charge in [-0.3, -0.25) is 9.59 Å². The summed E-state index contributed by atoms with van der Waals surface area (Å²) >= 11 is 0. The summed E-state index contributed by atoms with van der Waals surface area (Å²) in [6.07, 6.45) is 0. The first-order valence-corrected chi connectivity index (χ1v) is 10.8. The number of ether oxygens (including phenoxy) is 2. The number of nitrogens with zero attached hydrogens (tertiary/aromatic N) is 1. The van der Waals surface area contributed by atoms with Crippen LogP contribution in [0.4, 0.5) is 10.1 Å². The molecular weight excluding hydrogens is 429 g/mol. The second-order valence-electron chi connectivity index (χ2n) is 6.65. The zero-order chi connectivity index (χ0) is 22.4. The number of anilines is 1. The molecule has 0 radical (unpaired) electrons. The summed E-state index contributed by atoms with van der Waals surface area (Å²) in [5.74, 6) is -1.50. The Morgan fingerprint density at radius 2 is 1.94 bits per heavy atom. The number of carbonyl (C=O) groups excluding carboxylic acids is 2. The number of nitrogens with one attached hydrogen (secondary N) is 2. The maximum absolute atomic E-state index is 14.1. The molecule has 2 N–H and O–H groups in total. The van der Waals surface area contributed by atoms with Gasteiger partial charge in [0, 0.05) is 37.5 Å². The van der Waals surface area contributed by atoms with Crippen LogP contribution in [0.25, 0.3) is 0 Å². The van der Waals surface area contributed by atoms with Crippen LogP contribution in [-0.2, 0) is 19.6 Å². The molecule has 2 aromatic rings. The number of carbonyl (C=O) groups is 2. The van der Waals surface area contributed by atoms with E-state index in [1.54, 1.807) is 0 Å². The summed E-state index contributed by atoms with van der Waals surface area (Å²) in [7, 11) is -2.34. The average Bonchev–Trinajstić information content (AvgIpc) is 2.75. The molecule has 0 aromatic heterocycles. The van der Waals surface area contributed by atoms with Crippen LogP contribution in [0.2, 0.25) is 0 Å². The highest BCUT2D eigenvalue weighted by atomic mass is 32.2. The maximum Gasteiger partial charge on any atom is 0.255 e. The van der Waals surface area contributed by atoms with Gasteiger partial charge in [0.2, 0.25) is 15.9 Å². The van der Waals surface area contributed by atoms with Gasteiger partial charge in [-0.05, 0) is 36.4 Å². The fraction of sp³-hybridized carbons (Fsp3) is 0.300. The van der Waals surface area contributed by atoms with Crippen molar-refractivity contribution >= 4 is 27.5 Å². The van der Waals surface area contributed by atoms with E-state index in [2.05, 4.69) is 10.6 Å². The second kappa shape index (κ2) is 9.86. The first-order valence-electron chi connectivity index (χ1n) is 9.41. The number of hydrogen-bond acceptors (Lipinski definition) is 6. The van der Waals surface area contributed by atoms with Crippen LogP contribution in [0.15, 0.2) is 47.4 Å². The van der Waals surface area contributed by atoms with E-state index in [0.717, 1.165) is 10.4 Å². The molecule has 0 spiro atoms. The van der Waals surface area contributed by atoms with Crippen molar-refractivity contribution in [3.8, 4) is 5.75 Å². The number of methoxy groups -OCH3 is 1. The van der Waals surface area contributed by atoms with Crippen LogP contribution in [0.1, 0.15) is 10.4 Å². The lowest BCUT2D eigenvalue weighted by Gasteiger charge is -2.25. The molecule has 0 aliphatic carbocycles. The van der Waals surface area contributed by atoms with Gasteiger partial charge in [0.25, 0.3) is 5.91 Å². The summed E-state index contributed by atoms with van der Waals surface area (Å²) in [6.45, 7) is 0.671. The summed E-state index contributed by atoms with van der Waals surface area (Å²) in [4.78, 5) is 23.9.